The van der Waals surface area contributed by atoms with Gasteiger partial charge in [-0.25, -0.2) is 0 Å². The first-order valence-corrected chi connectivity index (χ1v) is 3.34. The molecule has 0 saturated heterocycles. The number of carbonyl (C=O) groups excluding carboxylic acids is 1. The van der Waals surface area contributed by atoms with E-state index in [1.165, 1.54) is 0 Å². The van der Waals surface area contributed by atoms with Crippen LogP contribution in [0.5, 0.6) is 0 Å². The number of aldehydes is 1. The smallest absolute Gasteiger partial charge is 0.215 e. The molecular weight excluding hydrogens is 168 g/mol. The summed E-state index contributed by atoms with van der Waals surface area (Å²) in [4.78, 5) is 9.85. The third-order valence-electron chi connectivity index (χ3n) is 1.38. The van der Waals surface area contributed by atoms with Gasteiger partial charge < -0.3 is 30.3 Å². The Hall–Kier alpha value is -0.530. The van der Waals surface area contributed by atoms with E-state index in [4.69, 9.17) is 25.5 Å². The van der Waals surface area contributed by atoms with E-state index in [2.05, 4.69) is 0 Å². The highest BCUT2D eigenvalue weighted by atomic mass is 16.6. The first-order chi connectivity index (χ1) is 5.40. The molecule has 0 aliphatic heterocycles. The quantitative estimate of drug-likeness (QED) is 0.232. The van der Waals surface area contributed by atoms with Crippen molar-refractivity contribution in [2.45, 2.75) is 31.0 Å². The number of hydrogen-bond acceptors (Lipinski definition) is 6. The van der Waals surface area contributed by atoms with Crippen molar-refractivity contribution in [3.05, 3.63) is 0 Å². The molecule has 0 aliphatic carbocycles. The second-order valence-corrected chi connectivity index (χ2v) is 2.49. The van der Waals surface area contributed by atoms with E-state index in [9.17, 15) is 4.79 Å². The molecule has 0 aromatic rings. The van der Waals surface area contributed by atoms with Gasteiger partial charge in [-0.05, 0) is 6.42 Å². The molecule has 6 heteroatoms. The van der Waals surface area contributed by atoms with Crippen LogP contribution in [0.3, 0.4) is 0 Å². The first-order valence-electron chi connectivity index (χ1n) is 3.34. The van der Waals surface area contributed by atoms with Crippen molar-refractivity contribution < 1.29 is 30.3 Å². The van der Waals surface area contributed by atoms with Gasteiger partial charge in [-0.3, -0.25) is 0 Å². The third-order valence-corrected chi connectivity index (χ3v) is 1.38. The van der Waals surface area contributed by atoms with Crippen LogP contribution in [-0.4, -0.2) is 50.0 Å². The lowest BCUT2D eigenvalue weighted by Crippen LogP contribution is -2.42. The molecule has 0 rings (SSSR count). The van der Waals surface area contributed by atoms with Crippen molar-refractivity contribution in [3.8, 4) is 0 Å². The number of aliphatic hydroxyl groups is 5. The van der Waals surface area contributed by atoms with Gasteiger partial charge >= 0.3 is 0 Å². The van der Waals surface area contributed by atoms with Crippen LogP contribution in [-0.2, 0) is 4.79 Å². The topological polar surface area (TPSA) is 118 Å². The average Bonchev–Trinajstić information content (AvgIpc) is 2.00. The van der Waals surface area contributed by atoms with E-state index in [1.807, 2.05) is 0 Å². The Morgan fingerprint density at radius 3 is 2.08 bits per heavy atom. The molecule has 0 saturated carbocycles. The lowest BCUT2D eigenvalue weighted by molar-refractivity contribution is -0.293. The summed E-state index contributed by atoms with van der Waals surface area (Å²) in [6.45, 7) is 0. The molecule has 0 amide bonds. The number of hydrogen-bond donors (Lipinski definition) is 5. The summed E-state index contributed by atoms with van der Waals surface area (Å²) in [5, 5.41) is 42.9. The van der Waals surface area contributed by atoms with Gasteiger partial charge in [0.1, 0.15) is 12.4 Å². The fourth-order valence-electron chi connectivity index (χ4n) is 0.557. The van der Waals surface area contributed by atoms with Gasteiger partial charge in [0.05, 0.1) is 0 Å². The summed E-state index contributed by atoms with van der Waals surface area (Å²) >= 11 is 0. The molecule has 6 nitrogen and oxygen atoms in total. The molecule has 0 bridgehead atoms. The van der Waals surface area contributed by atoms with Gasteiger partial charge in [0.25, 0.3) is 0 Å². The van der Waals surface area contributed by atoms with Crippen molar-refractivity contribution in [1.82, 2.24) is 0 Å². The second kappa shape index (κ2) is 4.48. The molecule has 72 valence electrons. The minimum atomic E-state index is -2.68. The SMILES string of the molecule is O=CC(O)CCC(O)(O)C(O)O. The standard InChI is InChI=1S/C6H12O6/c7-3-4(8)1-2-6(11,12)5(9)10/h3-5,8-12H,1-2H2. The predicted molar refractivity (Wildman–Crippen MR) is 36.7 cm³/mol. The lowest BCUT2D eigenvalue weighted by atomic mass is 10.1. The van der Waals surface area contributed by atoms with Crippen molar-refractivity contribution >= 4 is 6.29 Å². The van der Waals surface area contributed by atoms with Crippen LogP contribution in [0.2, 0.25) is 0 Å². The van der Waals surface area contributed by atoms with E-state index in [-0.39, 0.29) is 12.7 Å². The van der Waals surface area contributed by atoms with Crippen molar-refractivity contribution in [3.63, 3.8) is 0 Å². The molecule has 0 aromatic heterocycles. The Balaban J connectivity index is 3.83. The molecule has 5 N–H and O–H groups in total. The average molecular weight is 180 g/mol. The van der Waals surface area contributed by atoms with E-state index < -0.39 is 24.6 Å². The molecule has 0 heterocycles. The predicted octanol–water partition coefficient (Wildman–Crippen LogP) is -2.68. The fourth-order valence-corrected chi connectivity index (χ4v) is 0.557. The Morgan fingerprint density at radius 1 is 1.25 bits per heavy atom. The monoisotopic (exact) mass is 180 g/mol. The maximum absolute atomic E-state index is 9.85. The maximum Gasteiger partial charge on any atom is 0.215 e. The van der Waals surface area contributed by atoms with Crippen LogP contribution < -0.4 is 0 Å². The van der Waals surface area contributed by atoms with Crippen LogP contribution in [0.4, 0.5) is 0 Å². The fraction of sp³-hybridized carbons (Fsp3) is 0.833. The minimum Gasteiger partial charge on any atom is -0.386 e. The largest absolute Gasteiger partial charge is 0.386 e. The maximum atomic E-state index is 9.85. The third kappa shape index (κ3) is 3.74. The lowest BCUT2D eigenvalue weighted by Gasteiger charge is -2.23. The molecule has 0 aromatic carbocycles. The number of rotatable bonds is 5. The summed E-state index contributed by atoms with van der Waals surface area (Å²) in [5.41, 5.74) is 0. The molecule has 12 heavy (non-hydrogen) atoms. The Bertz CT molecular complexity index is 143. The van der Waals surface area contributed by atoms with Crippen LogP contribution in [0.15, 0.2) is 0 Å². The van der Waals surface area contributed by atoms with E-state index in [1.54, 1.807) is 0 Å². The van der Waals surface area contributed by atoms with Gasteiger partial charge in [0, 0.05) is 6.42 Å². The molecule has 1 unspecified atom stereocenters. The molecular formula is C6H12O6. The Morgan fingerprint density at radius 2 is 1.75 bits per heavy atom. The van der Waals surface area contributed by atoms with Gasteiger partial charge in [-0.15, -0.1) is 0 Å². The van der Waals surface area contributed by atoms with Crippen molar-refractivity contribution in [2.24, 2.45) is 0 Å². The normalized spacial score (nSPS) is 14.8. The summed E-state index contributed by atoms with van der Waals surface area (Å²) in [6.07, 6.45) is -4.14. The van der Waals surface area contributed by atoms with E-state index >= 15 is 0 Å². The zero-order valence-electron chi connectivity index (χ0n) is 6.29. The molecule has 0 radical (unpaired) electrons. The number of carbonyl (C=O) groups is 1. The number of aliphatic hydroxyl groups excluding tert-OH is 2. The first kappa shape index (κ1) is 11.5. The summed E-state index contributed by atoms with van der Waals surface area (Å²) in [7, 11) is 0. The van der Waals surface area contributed by atoms with Crippen LogP contribution >= 0.6 is 0 Å². The van der Waals surface area contributed by atoms with Crippen molar-refractivity contribution in [1.29, 1.82) is 0 Å². The molecule has 0 spiro atoms. The van der Waals surface area contributed by atoms with Crippen LogP contribution in [0, 0.1) is 0 Å². The Labute approximate surface area is 68.7 Å². The van der Waals surface area contributed by atoms with Gasteiger partial charge in [-0.1, -0.05) is 0 Å². The molecule has 0 aliphatic rings. The van der Waals surface area contributed by atoms with E-state index in [0.717, 1.165) is 0 Å². The van der Waals surface area contributed by atoms with Crippen LogP contribution in [0.25, 0.3) is 0 Å². The molecule has 0 fully saturated rings. The van der Waals surface area contributed by atoms with Crippen LogP contribution in [0.1, 0.15) is 12.8 Å². The highest BCUT2D eigenvalue weighted by Gasteiger charge is 2.31. The van der Waals surface area contributed by atoms with Gasteiger partial charge in [-0.2, -0.15) is 0 Å². The zero-order chi connectivity index (χ0) is 9.78. The minimum absolute atomic E-state index is 0.222. The van der Waals surface area contributed by atoms with Gasteiger partial charge in [0.15, 0.2) is 0 Å². The Kier molecular flexibility index (Phi) is 4.29. The van der Waals surface area contributed by atoms with E-state index in [0.29, 0.717) is 0 Å². The van der Waals surface area contributed by atoms with Crippen molar-refractivity contribution in [2.75, 3.05) is 0 Å². The highest BCUT2D eigenvalue weighted by Crippen LogP contribution is 2.13. The second-order valence-electron chi connectivity index (χ2n) is 2.49. The zero-order valence-corrected chi connectivity index (χ0v) is 6.29. The highest BCUT2D eigenvalue weighted by molar-refractivity contribution is 5.55. The molecule has 1 atom stereocenters. The summed E-state index contributed by atoms with van der Waals surface area (Å²) < 4.78 is 0. The summed E-state index contributed by atoms with van der Waals surface area (Å²) in [6, 6.07) is 0. The van der Waals surface area contributed by atoms with Gasteiger partial charge in [0.2, 0.25) is 12.1 Å². The summed E-state index contributed by atoms with van der Waals surface area (Å²) in [5.74, 6) is -2.68.